The van der Waals surface area contributed by atoms with E-state index in [-0.39, 0.29) is 12.1 Å². The molecule has 0 aliphatic heterocycles. The number of carbonyl (C=O) groups excluding carboxylic acids is 1. The Morgan fingerprint density at radius 2 is 2.05 bits per heavy atom. The van der Waals surface area contributed by atoms with Crippen molar-refractivity contribution in [2.75, 3.05) is 6.54 Å². The van der Waals surface area contributed by atoms with E-state index in [0.29, 0.717) is 6.54 Å². The molecule has 0 saturated heterocycles. The zero-order chi connectivity index (χ0) is 16.5. The molecule has 1 aromatic heterocycles. The highest BCUT2D eigenvalue weighted by Crippen LogP contribution is 2.30. The van der Waals surface area contributed by atoms with Gasteiger partial charge >= 0.3 is 6.09 Å². The number of carbonyl (C=O) groups is 1. The third-order valence-electron chi connectivity index (χ3n) is 3.43. The Bertz CT molecular complexity index is 686. The van der Waals surface area contributed by atoms with Crippen LogP contribution in [-0.4, -0.2) is 22.8 Å². The predicted octanol–water partition coefficient (Wildman–Crippen LogP) is 4.80. The highest BCUT2D eigenvalue weighted by molar-refractivity contribution is 9.10. The third-order valence-corrected chi connectivity index (χ3v) is 4.43. The van der Waals surface area contributed by atoms with Gasteiger partial charge in [-0.15, -0.1) is 0 Å². The van der Waals surface area contributed by atoms with Gasteiger partial charge in [-0.25, -0.2) is 4.79 Å². The van der Waals surface area contributed by atoms with Gasteiger partial charge in [0.05, 0.1) is 5.52 Å². The molecule has 0 fully saturated rings. The van der Waals surface area contributed by atoms with Gasteiger partial charge in [-0.1, -0.05) is 12.1 Å². The minimum absolute atomic E-state index is 0.128. The standard InChI is InChI=1S/C17H23BrN2O2/c1-11-6-7-13-8-9-20(15(13)14(11)18)12(2)10-19-16(21)22-17(3,4)5/h6-9,12H,10H2,1-5H3,(H,19,21)/t12-/m1/s1. The van der Waals surface area contributed by atoms with E-state index in [4.69, 9.17) is 4.74 Å². The Balaban J connectivity index is 2.12. The van der Waals surface area contributed by atoms with Gasteiger partial charge in [0.25, 0.3) is 0 Å². The van der Waals surface area contributed by atoms with Gasteiger partial charge in [0.1, 0.15) is 5.60 Å². The minimum atomic E-state index is -0.479. The molecule has 1 aromatic carbocycles. The summed E-state index contributed by atoms with van der Waals surface area (Å²) in [5.41, 5.74) is 1.87. The maximum absolute atomic E-state index is 11.8. The van der Waals surface area contributed by atoms with Gasteiger partial charge in [0, 0.05) is 28.6 Å². The number of benzene rings is 1. The average molecular weight is 367 g/mol. The fourth-order valence-electron chi connectivity index (χ4n) is 2.32. The number of fused-ring (bicyclic) bond motifs is 1. The molecule has 22 heavy (non-hydrogen) atoms. The quantitative estimate of drug-likeness (QED) is 0.847. The summed E-state index contributed by atoms with van der Waals surface area (Å²) in [5, 5.41) is 4.01. The first-order valence-corrected chi connectivity index (χ1v) is 8.21. The molecule has 120 valence electrons. The number of aryl methyl sites for hydroxylation is 1. The number of halogens is 1. The first-order chi connectivity index (χ1) is 10.2. The highest BCUT2D eigenvalue weighted by atomic mass is 79.9. The van der Waals surface area contributed by atoms with Crippen LogP contribution >= 0.6 is 15.9 Å². The first kappa shape index (κ1) is 16.9. The number of nitrogens with one attached hydrogen (secondary N) is 1. The van der Waals surface area contributed by atoms with Crippen molar-refractivity contribution in [3.63, 3.8) is 0 Å². The van der Waals surface area contributed by atoms with Gasteiger partial charge in [0.15, 0.2) is 0 Å². The summed E-state index contributed by atoms with van der Waals surface area (Å²) < 4.78 is 8.53. The van der Waals surface area contributed by atoms with Crippen molar-refractivity contribution in [2.45, 2.75) is 46.3 Å². The van der Waals surface area contributed by atoms with Crippen LogP contribution in [0.1, 0.15) is 39.3 Å². The third kappa shape index (κ3) is 3.83. The molecule has 0 radical (unpaired) electrons. The van der Waals surface area contributed by atoms with Crippen LogP contribution in [0, 0.1) is 6.92 Å². The Labute approximate surface area is 140 Å². The van der Waals surface area contributed by atoms with E-state index in [1.807, 2.05) is 20.8 Å². The van der Waals surface area contributed by atoms with Crippen LogP contribution in [0.25, 0.3) is 10.9 Å². The van der Waals surface area contributed by atoms with E-state index < -0.39 is 5.60 Å². The summed E-state index contributed by atoms with van der Waals surface area (Å²) in [4.78, 5) is 11.8. The molecular weight excluding hydrogens is 344 g/mol. The van der Waals surface area contributed by atoms with Crippen LogP contribution in [0.3, 0.4) is 0 Å². The molecule has 1 heterocycles. The molecule has 0 spiro atoms. The summed E-state index contributed by atoms with van der Waals surface area (Å²) in [7, 11) is 0. The van der Waals surface area contributed by atoms with E-state index in [1.165, 1.54) is 10.9 Å². The monoisotopic (exact) mass is 366 g/mol. The van der Waals surface area contributed by atoms with E-state index in [1.54, 1.807) is 0 Å². The second kappa shape index (κ2) is 6.32. The number of aromatic nitrogens is 1. The fourth-order valence-corrected chi connectivity index (χ4v) is 2.89. The summed E-state index contributed by atoms with van der Waals surface area (Å²) >= 11 is 3.67. The lowest BCUT2D eigenvalue weighted by Gasteiger charge is -2.22. The molecule has 1 amide bonds. The lowest BCUT2D eigenvalue weighted by molar-refractivity contribution is 0.0521. The Hall–Kier alpha value is -1.49. The second-order valence-electron chi connectivity index (χ2n) is 6.59. The zero-order valence-corrected chi connectivity index (χ0v) is 15.3. The molecule has 2 rings (SSSR count). The van der Waals surface area contributed by atoms with Crippen LogP contribution < -0.4 is 5.32 Å². The Morgan fingerprint density at radius 3 is 2.68 bits per heavy atom. The number of alkyl carbamates (subject to hydrolysis) is 1. The molecule has 0 unspecified atom stereocenters. The average Bonchev–Trinajstić information content (AvgIpc) is 2.83. The smallest absolute Gasteiger partial charge is 0.407 e. The van der Waals surface area contributed by atoms with Gasteiger partial charge in [-0.3, -0.25) is 0 Å². The van der Waals surface area contributed by atoms with E-state index in [9.17, 15) is 4.79 Å². The van der Waals surface area contributed by atoms with E-state index >= 15 is 0 Å². The van der Waals surface area contributed by atoms with Crippen LogP contribution in [0.5, 0.6) is 0 Å². The van der Waals surface area contributed by atoms with Crippen LogP contribution in [0.4, 0.5) is 4.79 Å². The molecule has 1 atom stereocenters. The lowest BCUT2D eigenvalue weighted by atomic mass is 10.2. The van der Waals surface area contributed by atoms with Gasteiger partial charge < -0.3 is 14.6 Å². The van der Waals surface area contributed by atoms with E-state index in [0.717, 1.165) is 9.99 Å². The van der Waals surface area contributed by atoms with E-state index in [2.05, 4.69) is 64.1 Å². The second-order valence-corrected chi connectivity index (χ2v) is 7.38. The molecule has 4 nitrogen and oxygen atoms in total. The topological polar surface area (TPSA) is 43.3 Å². The molecule has 0 aliphatic rings. The zero-order valence-electron chi connectivity index (χ0n) is 13.7. The van der Waals surface area contributed by atoms with Crippen LogP contribution in [0.2, 0.25) is 0 Å². The normalized spacial score (nSPS) is 13.2. The summed E-state index contributed by atoms with van der Waals surface area (Å²) in [6.45, 7) is 10.2. The molecule has 0 saturated carbocycles. The van der Waals surface area contributed by atoms with Gasteiger partial charge in [0.2, 0.25) is 0 Å². The van der Waals surface area contributed by atoms with Crippen LogP contribution in [0.15, 0.2) is 28.9 Å². The summed E-state index contributed by atoms with van der Waals surface area (Å²) in [5.74, 6) is 0. The molecule has 5 heteroatoms. The SMILES string of the molecule is Cc1ccc2ccn([C@H](C)CNC(=O)OC(C)(C)C)c2c1Br. The summed E-state index contributed by atoms with van der Waals surface area (Å²) in [6, 6.07) is 6.42. The van der Waals surface area contributed by atoms with Crippen molar-refractivity contribution in [1.82, 2.24) is 9.88 Å². The van der Waals surface area contributed by atoms with Crippen LogP contribution in [-0.2, 0) is 4.74 Å². The fraction of sp³-hybridized carbons (Fsp3) is 0.471. The highest BCUT2D eigenvalue weighted by Gasteiger charge is 2.17. The molecular formula is C17H23BrN2O2. The number of hydrogen-bond acceptors (Lipinski definition) is 2. The van der Waals surface area contributed by atoms with Crippen molar-refractivity contribution >= 4 is 32.9 Å². The molecule has 2 aromatic rings. The number of hydrogen-bond donors (Lipinski definition) is 1. The lowest BCUT2D eigenvalue weighted by Crippen LogP contribution is -2.35. The number of amides is 1. The minimum Gasteiger partial charge on any atom is -0.444 e. The number of ether oxygens (including phenoxy) is 1. The van der Waals surface area contributed by atoms with Crippen molar-refractivity contribution in [3.05, 3.63) is 34.4 Å². The molecule has 0 aliphatic carbocycles. The Morgan fingerprint density at radius 1 is 1.36 bits per heavy atom. The number of rotatable bonds is 3. The van der Waals surface area contributed by atoms with Gasteiger partial charge in [-0.05, 0) is 62.2 Å². The van der Waals surface area contributed by atoms with Crippen molar-refractivity contribution in [1.29, 1.82) is 0 Å². The molecule has 0 bridgehead atoms. The molecule has 1 N–H and O–H groups in total. The maximum atomic E-state index is 11.8. The Kier molecular flexibility index (Phi) is 4.85. The van der Waals surface area contributed by atoms with Crippen molar-refractivity contribution in [2.24, 2.45) is 0 Å². The van der Waals surface area contributed by atoms with Crippen molar-refractivity contribution < 1.29 is 9.53 Å². The van der Waals surface area contributed by atoms with Crippen molar-refractivity contribution in [3.8, 4) is 0 Å². The predicted molar refractivity (Wildman–Crippen MR) is 93.3 cm³/mol. The first-order valence-electron chi connectivity index (χ1n) is 7.41. The largest absolute Gasteiger partial charge is 0.444 e. The number of nitrogens with zero attached hydrogens (tertiary/aromatic N) is 1. The van der Waals surface area contributed by atoms with Gasteiger partial charge in [-0.2, -0.15) is 0 Å². The summed E-state index contributed by atoms with van der Waals surface area (Å²) in [6.07, 6.45) is 1.67. The maximum Gasteiger partial charge on any atom is 0.407 e.